The van der Waals surface area contributed by atoms with E-state index in [1.54, 1.807) is 36.0 Å². The zero-order valence-electron chi connectivity index (χ0n) is 38.2. The molecule has 1 aliphatic rings. The lowest BCUT2D eigenvalue weighted by Gasteiger charge is -2.39. The smallest absolute Gasteiger partial charge is 0.328 e. The standard InChI is InChI=1S/C46H71N7O8/c1-13-30(6)41(52(9)45(57)39(28(2)3)50-44(56)40(29(4)5)51(8)27-33-21-22-48-37(47)25-33)36(59-10)26-38(54)53-23-17-20-35(53)42(60-11)31(7)43(55)49-34(46(58)61-12)24-32-18-15-14-16-19-32/h14-16,18-19,21-22,25,28-29,31,34-36,39-42H,6,13,17,20,23-24,26-27H2,1-5,7-12H3,(H2,47,48)(H,49,55)(H,50,56)/t31-,34+,35+,36-,39+,40+,41+,42-/m1/s1. The summed E-state index contributed by atoms with van der Waals surface area (Å²) < 4.78 is 17.0. The average Bonchev–Trinajstić information content (AvgIpc) is 3.71. The summed E-state index contributed by atoms with van der Waals surface area (Å²) >= 11 is 0. The van der Waals surface area contributed by atoms with E-state index in [4.69, 9.17) is 19.9 Å². The highest BCUT2D eigenvalue weighted by molar-refractivity contribution is 5.90. The first-order valence-electron chi connectivity index (χ1n) is 21.3. The number of likely N-dealkylation sites (tertiary alicyclic amines) is 1. The van der Waals surface area contributed by atoms with Crippen LogP contribution in [0.2, 0.25) is 0 Å². The molecule has 4 N–H and O–H groups in total. The van der Waals surface area contributed by atoms with Crippen molar-refractivity contribution in [2.75, 3.05) is 47.7 Å². The summed E-state index contributed by atoms with van der Waals surface area (Å²) in [4.78, 5) is 78.6. The second-order valence-corrected chi connectivity index (χ2v) is 16.9. The predicted molar refractivity (Wildman–Crippen MR) is 236 cm³/mol. The first-order chi connectivity index (χ1) is 28.9. The zero-order valence-corrected chi connectivity index (χ0v) is 38.2. The number of amides is 4. The Hall–Kier alpha value is -4.86. The van der Waals surface area contributed by atoms with Crippen molar-refractivity contribution in [3.8, 4) is 0 Å². The van der Waals surface area contributed by atoms with Gasteiger partial charge in [-0.2, -0.15) is 0 Å². The Bertz CT molecular complexity index is 1770. The van der Waals surface area contributed by atoms with E-state index in [1.165, 1.54) is 21.3 Å². The molecule has 15 nitrogen and oxygen atoms in total. The summed E-state index contributed by atoms with van der Waals surface area (Å²) in [5.74, 6) is -2.48. The van der Waals surface area contributed by atoms with Crippen LogP contribution >= 0.6 is 0 Å². The van der Waals surface area contributed by atoms with Gasteiger partial charge in [-0.1, -0.05) is 84.0 Å². The van der Waals surface area contributed by atoms with Gasteiger partial charge >= 0.3 is 5.97 Å². The third-order valence-electron chi connectivity index (χ3n) is 11.8. The summed E-state index contributed by atoms with van der Waals surface area (Å²) in [5.41, 5.74) is 8.37. The van der Waals surface area contributed by atoms with Crippen LogP contribution in [0, 0.1) is 17.8 Å². The molecule has 8 atom stereocenters. The van der Waals surface area contributed by atoms with Crippen molar-refractivity contribution >= 4 is 35.4 Å². The van der Waals surface area contributed by atoms with Gasteiger partial charge in [0.15, 0.2) is 0 Å². The van der Waals surface area contributed by atoms with Crippen LogP contribution in [0.25, 0.3) is 0 Å². The fourth-order valence-electron chi connectivity index (χ4n) is 8.48. The van der Waals surface area contributed by atoms with E-state index in [2.05, 4.69) is 22.2 Å². The minimum atomic E-state index is -0.911. The Kier molecular flexibility index (Phi) is 19.8. The van der Waals surface area contributed by atoms with Crippen molar-refractivity contribution in [2.45, 2.75) is 123 Å². The second-order valence-electron chi connectivity index (χ2n) is 16.9. The number of hydrogen-bond acceptors (Lipinski definition) is 11. The molecule has 3 rings (SSSR count). The number of anilines is 1. The highest BCUT2D eigenvalue weighted by Crippen LogP contribution is 2.29. The van der Waals surface area contributed by atoms with Gasteiger partial charge in [-0.25, -0.2) is 9.78 Å². The number of likely N-dealkylation sites (N-methyl/N-ethyl adjacent to an activating group) is 2. The molecular weight excluding hydrogens is 779 g/mol. The number of hydrogen-bond donors (Lipinski definition) is 3. The van der Waals surface area contributed by atoms with Crippen molar-refractivity contribution in [3.05, 3.63) is 71.9 Å². The Balaban J connectivity index is 1.79. The molecule has 61 heavy (non-hydrogen) atoms. The number of aromatic nitrogens is 1. The Morgan fingerprint density at radius 3 is 2.15 bits per heavy atom. The highest BCUT2D eigenvalue weighted by Gasteiger charge is 2.43. The number of carbonyl (C=O) groups excluding carboxylic acids is 5. The largest absolute Gasteiger partial charge is 0.467 e. The SMILES string of the molecule is C=C(CC)[C@@H]([C@@H](CC(=O)N1CCC[C@H]1[C@H](OC)[C@@H](C)C(=O)N[C@@H](Cc1ccccc1)C(=O)OC)OC)N(C)C(=O)[C@@H](NC(=O)[C@H](C(C)C)N(C)Cc1ccnc(N)c1)C(C)C. The monoisotopic (exact) mass is 850 g/mol. The summed E-state index contributed by atoms with van der Waals surface area (Å²) in [6.07, 6.45) is 2.16. The maximum absolute atomic E-state index is 14.5. The highest BCUT2D eigenvalue weighted by atomic mass is 16.5. The van der Waals surface area contributed by atoms with E-state index >= 15 is 0 Å². The van der Waals surface area contributed by atoms with Gasteiger partial charge in [0, 0.05) is 47.0 Å². The van der Waals surface area contributed by atoms with Crippen LogP contribution in [0.4, 0.5) is 5.82 Å². The fourth-order valence-corrected chi connectivity index (χ4v) is 8.48. The van der Waals surface area contributed by atoms with Gasteiger partial charge in [0.2, 0.25) is 23.6 Å². The van der Waals surface area contributed by atoms with Crippen LogP contribution in [0.5, 0.6) is 0 Å². The van der Waals surface area contributed by atoms with Gasteiger partial charge < -0.3 is 40.4 Å². The fraction of sp³-hybridized carbons (Fsp3) is 0.609. The van der Waals surface area contributed by atoms with Gasteiger partial charge in [-0.15, -0.1) is 0 Å². The zero-order chi connectivity index (χ0) is 45.6. The molecular formula is C46H71N7O8. The number of rotatable bonds is 23. The summed E-state index contributed by atoms with van der Waals surface area (Å²) in [7, 11) is 7.82. The molecule has 4 amide bonds. The molecule has 0 radical (unpaired) electrons. The summed E-state index contributed by atoms with van der Waals surface area (Å²) in [5, 5.41) is 5.92. The molecule has 2 heterocycles. The number of methoxy groups -OCH3 is 3. The third-order valence-corrected chi connectivity index (χ3v) is 11.8. The van der Waals surface area contributed by atoms with Gasteiger partial charge in [0.25, 0.3) is 0 Å². The van der Waals surface area contributed by atoms with Crippen molar-refractivity contribution < 1.29 is 38.2 Å². The quantitative estimate of drug-likeness (QED) is 0.109. The minimum absolute atomic E-state index is 0.0781. The molecule has 1 fully saturated rings. The molecule has 1 aromatic heterocycles. The van der Waals surface area contributed by atoms with E-state index in [0.29, 0.717) is 43.7 Å². The van der Waals surface area contributed by atoms with Gasteiger partial charge in [-0.3, -0.25) is 24.1 Å². The van der Waals surface area contributed by atoms with Crippen LogP contribution in [-0.2, 0) is 51.1 Å². The van der Waals surface area contributed by atoms with Gasteiger partial charge in [0.05, 0.1) is 49.8 Å². The number of ether oxygens (including phenoxy) is 3. The lowest BCUT2D eigenvalue weighted by Crippen LogP contribution is -2.59. The van der Waals surface area contributed by atoms with Crippen LogP contribution in [0.3, 0.4) is 0 Å². The number of pyridine rings is 1. The first-order valence-corrected chi connectivity index (χ1v) is 21.3. The molecule has 0 bridgehead atoms. The predicted octanol–water partition coefficient (Wildman–Crippen LogP) is 4.00. The van der Waals surface area contributed by atoms with Gasteiger partial charge in [0.1, 0.15) is 17.9 Å². The molecule has 15 heteroatoms. The molecule has 1 aromatic carbocycles. The summed E-state index contributed by atoms with van der Waals surface area (Å²) in [6, 6.07) is 9.49. The number of nitrogens with one attached hydrogen (secondary N) is 2. The van der Waals surface area contributed by atoms with Crippen molar-refractivity contribution in [2.24, 2.45) is 17.8 Å². The lowest BCUT2D eigenvalue weighted by atomic mass is 9.92. The van der Waals surface area contributed by atoms with E-state index < -0.39 is 60.2 Å². The van der Waals surface area contributed by atoms with Crippen LogP contribution < -0.4 is 16.4 Å². The maximum atomic E-state index is 14.5. The Morgan fingerprint density at radius 2 is 1.59 bits per heavy atom. The molecule has 1 aliphatic heterocycles. The van der Waals surface area contributed by atoms with Crippen LogP contribution in [0.1, 0.15) is 78.4 Å². The van der Waals surface area contributed by atoms with Gasteiger partial charge in [-0.05, 0) is 61.4 Å². The molecule has 338 valence electrons. The Labute approximate surface area is 363 Å². The summed E-state index contributed by atoms with van der Waals surface area (Å²) in [6.45, 7) is 16.5. The molecule has 2 aromatic rings. The number of nitrogen functional groups attached to an aromatic ring is 1. The number of carbonyl (C=O) groups is 5. The second kappa shape index (κ2) is 24.0. The normalized spacial score (nSPS) is 17.5. The maximum Gasteiger partial charge on any atom is 0.328 e. The van der Waals surface area contributed by atoms with E-state index in [0.717, 1.165) is 11.1 Å². The Morgan fingerprint density at radius 1 is 0.918 bits per heavy atom. The topological polar surface area (TPSA) is 186 Å². The third kappa shape index (κ3) is 13.6. The first kappa shape index (κ1) is 50.5. The van der Waals surface area contributed by atoms with E-state index in [1.807, 2.05) is 83.0 Å². The molecule has 0 saturated carbocycles. The number of benzene rings is 1. The lowest BCUT2D eigenvalue weighted by molar-refractivity contribution is -0.147. The van der Waals surface area contributed by atoms with Crippen molar-refractivity contribution in [1.82, 2.24) is 30.3 Å². The number of nitrogens with two attached hydrogens (primary N) is 1. The molecule has 1 saturated heterocycles. The number of esters is 1. The van der Waals surface area contributed by atoms with Crippen LogP contribution in [-0.4, -0.2) is 134 Å². The molecule has 0 aliphatic carbocycles. The van der Waals surface area contributed by atoms with Crippen molar-refractivity contribution in [1.29, 1.82) is 0 Å². The van der Waals surface area contributed by atoms with E-state index in [-0.39, 0.29) is 42.4 Å². The van der Waals surface area contributed by atoms with Crippen molar-refractivity contribution in [3.63, 3.8) is 0 Å². The van der Waals surface area contributed by atoms with E-state index in [9.17, 15) is 24.0 Å². The van der Waals surface area contributed by atoms with Crippen LogP contribution in [0.15, 0.2) is 60.8 Å². The minimum Gasteiger partial charge on any atom is -0.467 e. The average molecular weight is 850 g/mol. The molecule has 0 unspecified atom stereocenters. The number of nitrogens with zero attached hydrogens (tertiary/aromatic N) is 4. The molecule has 0 spiro atoms.